The molecule has 9 heteroatoms. The molecule has 0 aliphatic heterocycles. The number of carbonyl (C=O) groups is 1. The molecular formula is C18H17F2N5O2. The molecule has 140 valence electrons. The van der Waals surface area contributed by atoms with Gasteiger partial charge in [-0.25, -0.2) is 13.5 Å². The van der Waals surface area contributed by atoms with E-state index in [-0.39, 0.29) is 23.1 Å². The van der Waals surface area contributed by atoms with Crippen molar-refractivity contribution in [2.75, 3.05) is 13.7 Å². The summed E-state index contributed by atoms with van der Waals surface area (Å²) in [6.07, 6.45) is 1.36. The summed E-state index contributed by atoms with van der Waals surface area (Å²) < 4.78 is 33.9. The average Bonchev–Trinajstić information content (AvgIpc) is 3.16. The third kappa shape index (κ3) is 4.32. The van der Waals surface area contributed by atoms with Crippen molar-refractivity contribution < 1.29 is 18.3 Å². The van der Waals surface area contributed by atoms with Gasteiger partial charge in [0.05, 0.1) is 12.3 Å². The second-order valence-corrected chi connectivity index (χ2v) is 5.98. The first-order valence-electron chi connectivity index (χ1n) is 8.11. The Morgan fingerprint density at radius 2 is 2.07 bits per heavy atom. The Balaban J connectivity index is 2.05. The Labute approximate surface area is 154 Å². The summed E-state index contributed by atoms with van der Waals surface area (Å²) in [5.41, 5.74) is 1.30. The van der Waals surface area contributed by atoms with Crippen molar-refractivity contribution in [3.05, 3.63) is 59.9 Å². The predicted octanol–water partition coefficient (Wildman–Crippen LogP) is 2.37. The van der Waals surface area contributed by atoms with E-state index in [0.717, 1.165) is 12.1 Å². The second kappa shape index (κ2) is 8.00. The molecule has 0 spiro atoms. The first-order valence-corrected chi connectivity index (χ1v) is 8.11. The molecule has 7 nitrogen and oxygen atoms in total. The molecule has 0 saturated carbocycles. The molecule has 0 aliphatic carbocycles. The minimum Gasteiger partial charge on any atom is -0.383 e. The monoisotopic (exact) mass is 373 g/mol. The van der Waals surface area contributed by atoms with Crippen molar-refractivity contribution in [1.29, 1.82) is 0 Å². The fourth-order valence-electron chi connectivity index (χ4n) is 2.63. The molecule has 0 bridgehead atoms. The molecule has 27 heavy (non-hydrogen) atoms. The van der Waals surface area contributed by atoms with E-state index in [9.17, 15) is 13.6 Å². The average molecular weight is 373 g/mol. The normalized spacial score (nSPS) is 12.0. The van der Waals surface area contributed by atoms with Gasteiger partial charge in [0, 0.05) is 30.3 Å². The van der Waals surface area contributed by atoms with Gasteiger partial charge in [-0.15, -0.1) is 5.10 Å². The zero-order valence-corrected chi connectivity index (χ0v) is 14.7. The third-order valence-electron chi connectivity index (χ3n) is 3.83. The molecule has 0 fully saturated rings. The van der Waals surface area contributed by atoms with Crippen LogP contribution in [0.2, 0.25) is 0 Å². The summed E-state index contributed by atoms with van der Waals surface area (Å²) in [5.74, 6) is -1.78. The highest BCUT2D eigenvalue weighted by atomic mass is 19.1. The van der Waals surface area contributed by atoms with Crippen molar-refractivity contribution in [2.45, 2.75) is 13.0 Å². The van der Waals surface area contributed by atoms with Crippen LogP contribution in [0.1, 0.15) is 17.3 Å². The number of nitrogens with zero attached hydrogens (tertiary/aromatic N) is 4. The summed E-state index contributed by atoms with van der Waals surface area (Å²) in [7, 11) is 1.54. The molecule has 0 radical (unpaired) electrons. The van der Waals surface area contributed by atoms with Gasteiger partial charge in [0.1, 0.15) is 18.0 Å². The van der Waals surface area contributed by atoms with E-state index in [1.807, 2.05) is 0 Å². The summed E-state index contributed by atoms with van der Waals surface area (Å²) in [5, 5.41) is 13.7. The van der Waals surface area contributed by atoms with Crippen LogP contribution < -0.4 is 5.32 Å². The zero-order valence-electron chi connectivity index (χ0n) is 14.7. The number of amides is 1. The Kier molecular flexibility index (Phi) is 5.51. The Bertz CT molecular complexity index is 947. The highest BCUT2D eigenvalue weighted by Crippen LogP contribution is 2.27. The summed E-state index contributed by atoms with van der Waals surface area (Å²) in [4.78, 5) is 12.6. The predicted molar refractivity (Wildman–Crippen MR) is 93.3 cm³/mol. The van der Waals surface area contributed by atoms with Crippen LogP contribution in [0, 0.1) is 11.6 Å². The van der Waals surface area contributed by atoms with Crippen molar-refractivity contribution >= 4 is 5.91 Å². The van der Waals surface area contributed by atoms with Crippen molar-refractivity contribution in [3.8, 4) is 16.8 Å². The number of halogens is 2. The van der Waals surface area contributed by atoms with Gasteiger partial charge in [0.25, 0.3) is 5.91 Å². The third-order valence-corrected chi connectivity index (χ3v) is 3.83. The number of hydrogen-bond donors (Lipinski definition) is 1. The highest BCUT2D eigenvalue weighted by molar-refractivity contribution is 5.96. The van der Waals surface area contributed by atoms with Gasteiger partial charge in [-0.1, -0.05) is 0 Å². The van der Waals surface area contributed by atoms with Crippen molar-refractivity contribution in [3.63, 3.8) is 0 Å². The molecule has 1 aromatic heterocycles. The van der Waals surface area contributed by atoms with Gasteiger partial charge in [-0.05, 0) is 53.2 Å². The molecule has 1 unspecified atom stereocenters. The second-order valence-electron chi connectivity index (χ2n) is 5.98. The number of rotatable bonds is 6. The lowest BCUT2D eigenvalue weighted by Crippen LogP contribution is -2.35. The van der Waals surface area contributed by atoms with Crippen LogP contribution >= 0.6 is 0 Å². The smallest absolute Gasteiger partial charge is 0.251 e. The van der Waals surface area contributed by atoms with Gasteiger partial charge >= 0.3 is 0 Å². The van der Waals surface area contributed by atoms with E-state index in [4.69, 9.17) is 4.74 Å². The number of tetrazole rings is 1. The fraction of sp³-hybridized carbons (Fsp3) is 0.222. The molecule has 1 N–H and O–H groups in total. The van der Waals surface area contributed by atoms with Gasteiger partial charge in [0.2, 0.25) is 0 Å². The van der Waals surface area contributed by atoms with E-state index in [1.54, 1.807) is 19.1 Å². The number of methoxy groups -OCH3 is 1. The molecule has 3 rings (SSSR count). The molecule has 0 aliphatic rings. The molecule has 1 amide bonds. The quantitative estimate of drug-likeness (QED) is 0.717. The fourth-order valence-corrected chi connectivity index (χ4v) is 2.63. The number of benzene rings is 2. The summed E-state index contributed by atoms with van der Waals surface area (Å²) >= 11 is 0. The number of nitrogens with one attached hydrogen (secondary N) is 1. The lowest BCUT2D eigenvalue weighted by atomic mass is 10.0. The Morgan fingerprint density at radius 3 is 2.74 bits per heavy atom. The number of ether oxygens (including phenoxy) is 1. The van der Waals surface area contributed by atoms with Crippen LogP contribution in [-0.4, -0.2) is 45.9 Å². The topological polar surface area (TPSA) is 81.9 Å². The van der Waals surface area contributed by atoms with Gasteiger partial charge < -0.3 is 10.1 Å². The van der Waals surface area contributed by atoms with E-state index in [1.165, 1.54) is 30.3 Å². The minimum absolute atomic E-state index is 0.158. The molecule has 3 aromatic rings. The molecular weight excluding hydrogens is 356 g/mol. The minimum atomic E-state index is -0.733. The molecule has 0 saturated heterocycles. The van der Waals surface area contributed by atoms with E-state index in [2.05, 4.69) is 20.8 Å². The van der Waals surface area contributed by atoms with Crippen LogP contribution in [0.5, 0.6) is 0 Å². The summed E-state index contributed by atoms with van der Waals surface area (Å²) in [6, 6.07) is 7.77. The lowest BCUT2D eigenvalue weighted by molar-refractivity contribution is 0.0905. The largest absolute Gasteiger partial charge is 0.383 e. The standard InChI is InChI=1S/C18H17F2N5O2/c1-11(9-27-2)22-18(26)13-5-12(16-4-3-14(19)8-17(16)20)6-15(7-13)25-10-21-23-24-25/h3-8,10-11H,9H2,1-2H3,(H,22,26). The first-order chi connectivity index (χ1) is 13.0. The first kappa shape index (κ1) is 18.6. The zero-order chi connectivity index (χ0) is 19.4. The molecule has 1 heterocycles. The van der Waals surface area contributed by atoms with Crippen LogP contribution in [0.4, 0.5) is 8.78 Å². The van der Waals surface area contributed by atoms with Gasteiger partial charge in [-0.2, -0.15) is 0 Å². The maximum Gasteiger partial charge on any atom is 0.251 e. The lowest BCUT2D eigenvalue weighted by Gasteiger charge is -2.14. The molecule has 1 atom stereocenters. The molecule has 2 aromatic carbocycles. The van der Waals surface area contributed by atoms with Crippen molar-refractivity contribution in [1.82, 2.24) is 25.5 Å². The SMILES string of the molecule is COCC(C)NC(=O)c1cc(-c2ccc(F)cc2F)cc(-n2cnnn2)c1. The van der Waals surface area contributed by atoms with E-state index in [0.29, 0.717) is 17.9 Å². The highest BCUT2D eigenvalue weighted by Gasteiger charge is 2.15. The Hall–Kier alpha value is -3.20. The van der Waals surface area contributed by atoms with Gasteiger partial charge in [0.15, 0.2) is 0 Å². The van der Waals surface area contributed by atoms with E-state index < -0.39 is 11.6 Å². The summed E-state index contributed by atoms with van der Waals surface area (Å²) in [6.45, 7) is 2.14. The number of hydrogen-bond acceptors (Lipinski definition) is 5. The van der Waals surface area contributed by atoms with Gasteiger partial charge in [-0.3, -0.25) is 4.79 Å². The maximum absolute atomic E-state index is 14.2. The van der Waals surface area contributed by atoms with Crippen LogP contribution in [0.15, 0.2) is 42.7 Å². The van der Waals surface area contributed by atoms with Crippen LogP contribution in [-0.2, 0) is 4.74 Å². The van der Waals surface area contributed by atoms with E-state index >= 15 is 0 Å². The number of aromatic nitrogens is 4. The van der Waals surface area contributed by atoms with Crippen LogP contribution in [0.25, 0.3) is 16.8 Å². The van der Waals surface area contributed by atoms with Crippen LogP contribution in [0.3, 0.4) is 0 Å². The maximum atomic E-state index is 14.2. The number of carbonyl (C=O) groups excluding carboxylic acids is 1. The Morgan fingerprint density at radius 1 is 1.26 bits per heavy atom. The van der Waals surface area contributed by atoms with Crippen molar-refractivity contribution in [2.24, 2.45) is 0 Å².